The van der Waals surface area contributed by atoms with E-state index < -0.39 is 0 Å². The Balaban J connectivity index is 2.91. The molecule has 0 aliphatic rings. The number of rotatable bonds is 6. The second kappa shape index (κ2) is 6.58. The summed E-state index contributed by atoms with van der Waals surface area (Å²) < 4.78 is 0. The fourth-order valence-electron chi connectivity index (χ4n) is 0.833. The van der Waals surface area contributed by atoms with Crippen LogP contribution in [0.25, 0.3) is 0 Å². The van der Waals surface area contributed by atoms with Crippen LogP contribution in [0.4, 0.5) is 0 Å². The van der Waals surface area contributed by atoms with Crippen LogP contribution in [0.15, 0.2) is 0 Å². The van der Waals surface area contributed by atoms with Crippen molar-refractivity contribution in [2.24, 2.45) is 0 Å². The van der Waals surface area contributed by atoms with E-state index in [1.165, 1.54) is 0 Å². The fourth-order valence-corrected chi connectivity index (χ4v) is 0.833. The van der Waals surface area contributed by atoms with Crippen LogP contribution in [0.2, 0.25) is 0 Å². The lowest BCUT2D eigenvalue weighted by Crippen LogP contribution is -2.25. The third kappa shape index (κ3) is 9.88. The summed E-state index contributed by atoms with van der Waals surface area (Å²) >= 11 is 0. The maximum absolute atomic E-state index is 8.88. The molecule has 1 unspecified atom stereocenters. The standard InChI is InChI=1S/C8H19NO2/c1-7(10)4-3-5-9-6-8(2)11/h7-11H,3-6H2,1-2H3/t7?,8-/m1/s1. The predicted octanol–water partition coefficient (Wildman–Crippen LogP) is 0.118. The molecule has 0 heterocycles. The van der Waals surface area contributed by atoms with Crippen molar-refractivity contribution in [3.8, 4) is 0 Å². The Morgan fingerprint density at radius 2 is 1.82 bits per heavy atom. The quantitative estimate of drug-likeness (QED) is 0.485. The van der Waals surface area contributed by atoms with Gasteiger partial charge in [0, 0.05) is 6.54 Å². The molecule has 3 heteroatoms. The van der Waals surface area contributed by atoms with Crippen molar-refractivity contribution >= 4 is 0 Å². The van der Waals surface area contributed by atoms with Gasteiger partial charge in [-0.05, 0) is 33.2 Å². The predicted molar refractivity (Wildman–Crippen MR) is 45.5 cm³/mol. The molecule has 2 atom stereocenters. The summed E-state index contributed by atoms with van der Waals surface area (Å²) in [5.41, 5.74) is 0. The topological polar surface area (TPSA) is 52.5 Å². The molecule has 0 radical (unpaired) electrons. The van der Waals surface area contributed by atoms with Gasteiger partial charge in [0.2, 0.25) is 0 Å². The fraction of sp³-hybridized carbons (Fsp3) is 1.00. The molecule has 0 aromatic rings. The van der Waals surface area contributed by atoms with E-state index in [2.05, 4.69) is 5.32 Å². The van der Waals surface area contributed by atoms with Gasteiger partial charge in [0.1, 0.15) is 0 Å². The van der Waals surface area contributed by atoms with Crippen molar-refractivity contribution in [3.05, 3.63) is 0 Å². The third-order valence-corrected chi connectivity index (χ3v) is 1.42. The first-order chi connectivity index (χ1) is 5.13. The smallest absolute Gasteiger partial charge is 0.0636 e. The maximum Gasteiger partial charge on any atom is 0.0636 e. The zero-order chi connectivity index (χ0) is 8.69. The van der Waals surface area contributed by atoms with E-state index in [4.69, 9.17) is 10.2 Å². The average molecular weight is 161 g/mol. The maximum atomic E-state index is 8.88. The van der Waals surface area contributed by atoms with Crippen molar-refractivity contribution in [3.63, 3.8) is 0 Å². The van der Waals surface area contributed by atoms with E-state index in [-0.39, 0.29) is 12.2 Å². The molecule has 0 fully saturated rings. The number of hydrogen-bond acceptors (Lipinski definition) is 3. The number of hydrogen-bond donors (Lipinski definition) is 3. The molecular formula is C8H19NO2. The van der Waals surface area contributed by atoms with Gasteiger partial charge in [0.25, 0.3) is 0 Å². The normalized spacial score (nSPS) is 16.4. The van der Waals surface area contributed by atoms with E-state index >= 15 is 0 Å². The molecule has 3 N–H and O–H groups in total. The van der Waals surface area contributed by atoms with Gasteiger partial charge in [-0.3, -0.25) is 0 Å². The van der Waals surface area contributed by atoms with E-state index in [0.29, 0.717) is 6.54 Å². The van der Waals surface area contributed by atoms with E-state index in [9.17, 15) is 0 Å². The van der Waals surface area contributed by atoms with Gasteiger partial charge >= 0.3 is 0 Å². The highest BCUT2D eigenvalue weighted by Gasteiger charge is 1.96. The van der Waals surface area contributed by atoms with Crippen LogP contribution in [-0.4, -0.2) is 35.5 Å². The van der Waals surface area contributed by atoms with Crippen LogP contribution in [0.5, 0.6) is 0 Å². The average Bonchev–Trinajstić information content (AvgIpc) is 1.85. The SMILES string of the molecule is CC(O)CCCNC[C@@H](C)O. The summed E-state index contributed by atoms with van der Waals surface area (Å²) in [4.78, 5) is 0. The van der Waals surface area contributed by atoms with Crippen molar-refractivity contribution < 1.29 is 10.2 Å². The Bertz CT molecular complexity index is 74.2. The zero-order valence-electron chi connectivity index (χ0n) is 7.38. The van der Waals surface area contributed by atoms with Crippen LogP contribution in [-0.2, 0) is 0 Å². The van der Waals surface area contributed by atoms with Gasteiger partial charge in [0.05, 0.1) is 12.2 Å². The lowest BCUT2D eigenvalue weighted by molar-refractivity contribution is 0.176. The molecule has 0 bridgehead atoms. The molecule has 0 aromatic heterocycles. The summed E-state index contributed by atoms with van der Waals surface area (Å²) in [5, 5.41) is 20.8. The van der Waals surface area contributed by atoms with Crippen LogP contribution in [0.3, 0.4) is 0 Å². The highest BCUT2D eigenvalue weighted by atomic mass is 16.3. The lowest BCUT2D eigenvalue weighted by Gasteiger charge is -2.07. The number of aliphatic hydroxyl groups excluding tert-OH is 2. The molecule has 68 valence electrons. The summed E-state index contributed by atoms with van der Waals surface area (Å²) in [7, 11) is 0. The monoisotopic (exact) mass is 161 g/mol. The minimum absolute atomic E-state index is 0.205. The molecule has 0 amide bonds. The minimum atomic E-state index is -0.276. The number of nitrogens with one attached hydrogen (secondary N) is 1. The van der Waals surface area contributed by atoms with Crippen molar-refractivity contribution in [1.82, 2.24) is 5.32 Å². The van der Waals surface area contributed by atoms with Gasteiger partial charge in [-0.15, -0.1) is 0 Å². The van der Waals surface area contributed by atoms with E-state index in [0.717, 1.165) is 19.4 Å². The Kier molecular flexibility index (Phi) is 6.51. The second-order valence-electron chi connectivity index (χ2n) is 3.04. The van der Waals surface area contributed by atoms with Crippen LogP contribution >= 0.6 is 0 Å². The van der Waals surface area contributed by atoms with Gasteiger partial charge in [-0.25, -0.2) is 0 Å². The zero-order valence-corrected chi connectivity index (χ0v) is 7.38. The largest absolute Gasteiger partial charge is 0.393 e. The van der Waals surface area contributed by atoms with Crippen LogP contribution in [0.1, 0.15) is 26.7 Å². The van der Waals surface area contributed by atoms with E-state index in [1.807, 2.05) is 0 Å². The summed E-state index contributed by atoms with van der Waals surface area (Å²) in [6, 6.07) is 0. The lowest BCUT2D eigenvalue weighted by atomic mass is 10.2. The summed E-state index contributed by atoms with van der Waals surface area (Å²) in [6.07, 6.45) is 1.31. The Hall–Kier alpha value is -0.120. The first-order valence-corrected chi connectivity index (χ1v) is 4.19. The Morgan fingerprint density at radius 3 is 2.27 bits per heavy atom. The number of aliphatic hydroxyl groups is 2. The first kappa shape index (κ1) is 10.9. The van der Waals surface area contributed by atoms with Crippen molar-refractivity contribution in [2.45, 2.75) is 38.9 Å². The molecular weight excluding hydrogens is 142 g/mol. The molecule has 0 aromatic carbocycles. The van der Waals surface area contributed by atoms with Crippen LogP contribution < -0.4 is 5.32 Å². The molecule has 0 spiro atoms. The Morgan fingerprint density at radius 1 is 1.18 bits per heavy atom. The Labute approximate surface area is 68.4 Å². The van der Waals surface area contributed by atoms with Gasteiger partial charge in [-0.1, -0.05) is 0 Å². The van der Waals surface area contributed by atoms with Crippen LogP contribution in [0, 0.1) is 0 Å². The van der Waals surface area contributed by atoms with Crippen molar-refractivity contribution in [2.75, 3.05) is 13.1 Å². The minimum Gasteiger partial charge on any atom is -0.393 e. The van der Waals surface area contributed by atoms with Gasteiger partial charge < -0.3 is 15.5 Å². The van der Waals surface area contributed by atoms with E-state index in [1.54, 1.807) is 13.8 Å². The first-order valence-electron chi connectivity index (χ1n) is 4.19. The molecule has 0 saturated heterocycles. The highest BCUT2D eigenvalue weighted by molar-refractivity contribution is 4.54. The highest BCUT2D eigenvalue weighted by Crippen LogP contribution is 1.93. The second-order valence-corrected chi connectivity index (χ2v) is 3.04. The summed E-state index contributed by atoms with van der Waals surface area (Å²) in [6.45, 7) is 5.05. The molecule has 0 saturated carbocycles. The van der Waals surface area contributed by atoms with Gasteiger partial charge in [0.15, 0.2) is 0 Å². The molecule has 0 aliphatic carbocycles. The molecule has 11 heavy (non-hydrogen) atoms. The molecule has 3 nitrogen and oxygen atoms in total. The van der Waals surface area contributed by atoms with Crippen molar-refractivity contribution in [1.29, 1.82) is 0 Å². The van der Waals surface area contributed by atoms with Gasteiger partial charge in [-0.2, -0.15) is 0 Å². The molecule has 0 aliphatic heterocycles. The molecule has 0 rings (SSSR count). The third-order valence-electron chi connectivity index (χ3n) is 1.42. The summed E-state index contributed by atoms with van der Waals surface area (Å²) in [5.74, 6) is 0.